The Kier molecular flexibility index (Phi) is 8.48. The number of allylic oxidation sites excluding steroid dienone is 5. The first-order chi connectivity index (χ1) is 21.5. The molecule has 6 atom stereocenters. The van der Waals surface area contributed by atoms with E-state index in [1.54, 1.807) is 10.8 Å². The monoisotopic (exact) mass is 634 g/mol. The highest BCUT2D eigenvalue weighted by molar-refractivity contribution is 8.76. The minimum atomic E-state index is -0.670. The van der Waals surface area contributed by atoms with Crippen molar-refractivity contribution in [2.24, 2.45) is 29.1 Å². The minimum Gasteiger partial charge on any atom is -0.427 e. The molecular formula is C35H42N2O5S2. The Hall–Kier alpha value is -2.49. The van der Waals surface area contributed by atoms with Crippen LogP contribution in [0.4, 0.5) is 5.82 Å². The molecule has 2 N–H and O–H groups in total. The largest absolute Gasteiger partial charge is 0.427 e. The summed E-state index contributed by atoms with van der Waals surface area (Å²) in [7, 11) is 3.63. The van der Waals surface area contributed by atoms with E-state index in [9.17, 15) is 14.7 Å². The molecule has 1 aromatic heterocycles. The third-order valence-corrected chi connectivity index (χ3v) is 13.1. The van der Waals surface area contributed by atoms with Crippen LogP contribution in [0.1, 0.15) is 83.1 Å². The van der Waals surface area contributed by atoms with Gasteiger partial charge in [0.15, 0.2) is 0 Å². The van der Waals surface area contributed by atoms with Crippen LogP contribution in [0.5, 0.6) is 0 Å². The maximum Gasteiger partial charge on any atom is 0.340 e. The number of pyridine rings is 1. The van der Waals surface area contributed by atoms with Crippen molar-refractivity contribution in [1.82, 2.24) is 4.98 Å². The van der Waals surface area contributed by atoms with E-state index in [0.29, 0.717) is 12.3 Å². The fourth-order valence-corrected chi connectivity index (χ4v) is 11.1. The van der Waals surface area contributed by atoms with Crippen LogP contribution in [0.3, 0.4) is 0 Å². The van der Waals surface area contributed by atoms with Crippen molar-refractivity contribution in [3.05, 3.63) is 69.9 Å². The molecule has 3 aliphatic heterocycles. The van der Waals surface area contributed by atoms with Crippen LogP contribution < -0.4 is 5.32 Å². The molecule has 2 fully saturated rings. The van der Waals surface area contributed by atoms with Crippen molar-refractivity contribution in [2.45, 2.75) is 77.6 Å². The molecule has 0 radical (unpaired) electrons. The minimum absolute atomic E-state index is 0.0435. The van der Waals surface area contributed by atoms with Gasteiger partial charge in [0, 0.05) is 41.5 Å². The topological polar surface area (TPSA) is 97.8 Å². The number of hydrogen-bond acceptors (Lipinski definition) is 9. The highest BCUT2D eigenvalue weighted by Gasteiger charge is 2.68. The van der Waals surface area contributed by atoms with Crippen LogP contribution in [-0.2, 0) is 19.1 Å². The van der Waals surface area contributed by atoms with Gasteiger partial charge in [0.2, 0.25) is 0 Å². The summed E-state index contributed by atoms with van der Waals surface area (Å²) < 4.78 is 12.3. The van der Waals surface area contributed by atoms with Gasteiger partial charge in [-0.25, -0.2) is 14.6 Å². The highest BCUT2D eigenvalue weighted by atomic mass is 33.1. The maximum absolute atomic E-state index is 14.2. The summed E-state index contributed by atoms with van der Waals surface area (Å²) in [6, 6.07) is 4.19. The molecule has 0 unspecified atom stereocenters. The first kappa shape index (κ1) is 30.2. The Bertz CT molecular complexity index is 1480. The number of rotatable bonds is 5. The summed E-state index contributed by atoms with van der Waals surface area (Å²) in [5, 5.41) is 13.4. The third kappa shape index (κ3) is 4.89. The number of unbranched alkanes of at least 4 members (excludes halogenated alkanes) is 1. The Morgan fingerprint density at radius 2 is 2.09 bits per heavy atom. The first-order valence-electron chi connectivity index (χ1n) is 16.4. The van der Waals surface area contributed by atoms with E-state index in [1.165, 1.54) is 5.57 Å². The molecule has 44 heavy (non-hydrogen) atoms. The van der Waals surface area contributed by atoms with Crippen LogP contribution in [0.15, 0.2) is 64.3 Å². The maximum atomic E-state index is 14.2. The molecule has 1 saturated heterocycles. The molecule has 8 rings (SSSR count). The number of cyclic esters (lactones) is 1. The second-order valence-electron chi connectivity index (χ2n) is 13.2. The number of aliphatic hydroxyl groups is 1. The van der Waals surface area contributed by atoms with Crippen molar-refractivity contribution in [3.8, 4) is 0 Å². The first-order valence-corrected chi connectivity index (χ1v) is 18.8. The van der Waals surface area contributed by atoms with E-state index < -0.39 is 5.41 Å². The average molecular weight is 635 g/mol. The molecule has 234 valence electrons. The summed E-state index contributed by atoms with van der Waals surface area (Å²) in [5.41, 5.74) is 4.26. The Balaban J connectivity index is 1.46. The lowest BCUT2D eigenvalue weighted by molar-refractivity contribution is -0.135. The van der Waals surface area contributed by atoms with Gasteiger partial charge in [-0.05, 0) is 105 Å². The van der Waals surface area contributed by atoms with Crippen LogP contribution in [-0.4, -0.2) is 40.3 Å². The summed E-state index contributed by atoms with van der Waals surface area (Å²) >= 11 is 0. The molecule has 1 spiro atoms. The van der Waals surface area contributed by atoms with Crippen molar-refractivity contribution >= 4 is 39.3 Å². The number of aromatic nitrogens is 1. The average Bonchev–Trinajstić information content (AvgIpc) is 3.52. The van der Waals surface area contributed by atoms with E-state index in [0.717, 1.165) is 103 Å². The number of aliphatic hydroxyl groups excluding tert-OH is 1. The molecule has 1 aromatic rings. The number of carbonyl (C=O) groups is 2. The number of ether oxygens (including phenoxy) is 2. The van der Waals surface area contributed by atoms with Crippen LogP contribution >= 0.6 is 21.6 Å². The quantitative estimate of drug-likeness (QED) is 0.253. The number of nitrogens with one attached hydrogen (secondary N) is 1. The zero-order chi connectivity index (χ0) is 30.4. The van der Waals surface area contributed by atoms with E-state index in [4.69, 9.17) is 9.47 Å². The van der Waals surface area contributed by atoms with Gasteiger partial charge in [-0.1, -0.05) is 41.9 Å². The highest BCUT2D eigenvalue weighted by Crippen LogP contribution is 2.72. The van der Waals surface area contributed by atoms with Gasteiger partial charge in [0.25, 0.3) is 0 Å². The van der Waals surface area contributed by atoms with E-state index in [1.807, 2.05) is 17.0 Å². The smallest absolute Gasteiger partial charge is 0.340 e. The summed E-state index contributed by atoms with van der Waals surface area (Å²) in [6.07, 6.45) is 13.7. The van der Waals surface area contributed by atoms with E-state index >= 15 is 0 Å². The van der Waals surface area contributed by atoms with E-state index in [-0.39, 0.29) is 42.2 Å². The molecular weight excluding hydrogens is 593 g/mol. The lowest BCUT2D eigenvalue weighted by atomic mass is 9.43. The van der Waals surface area contributed by atoms with Crippen molar-refractivity contribution < 1.29 is 24.2 Å². The van der Waals surface area contributed by atoms with Crippen molar-refractivity contribution in [1.29, 1.82) is 0 Å². The number of esters is 2. The van der Waals surface area contributed by atoms with Gasteiger partial charge in [-0.2, -0.15) is 0 Å². The third-order valence-electron chi connectivity index (χ3n) is 10.7. The number of anilines is 1. The molecule has 0 aromatic carbocycles. The van der Waals surface area contributed by atoms with Gasteiger partial charge in [0.05, 0.1) is 16.9 Å². The Labute approximate surface area is 267 Å². The van der Waals surface area contributed by atoms with Crippen LogP contribution in [0, 0.1) is 29.1 Å². The fourth-order valence-electron chi connectivity index (χ4n) is 8.93. The number of nitrogens with zero attached hydrogens (tertiary/aromatic N) is 1. The Morgan fingerprint density at radius 3 is 2.93 bits per heavy atom. The molecule has 4 heterocycles. The zero-order valence-electron chi connectivity index (χ0n) is 25.6. The summed E-state index contributed by atoms with van der Waals surface area (Å²) in [5.74, 6) is 4.16. The summed E-state index contributed by atoms with van der Waals surface area (Å²) in [6.45, 7) is 4.47. The van der Waals surface area contributed by atoms with Gasteiger partial charge in [-0.15, -0.1) is 0 Å². The Morgan fingerprint density at radius 1 is 1.20 bits per heavy atom. The number of hydrogen-bond donors (Lipinski definition) is 2. The second kappa shape index (κ2) is 12.4. The number of fused-ring (bicyclic) bond motifs is 3. The molecule has 4 aliphatic carbocycles. The molecule has 7 aliphatic rings. The zero-order valence-corrected chi connectivity index (χ0v) is 27.2. The predicted molar refractivity (Wildman–Crippen MR) is 174 cm³/mol. The standard InChI is InChI=1S/C35H42N2O5S2/c1-3-4-7-26-25-10-9-24-23-12-14-35(31(24)30(25)33(39)41-26)27-11-8-20(2)18-43-44-19-37-28-17-21(13-15-36-28)22(6-5-16-38)29(23)32(35)34(40)42-27/h7,11,13,15,17,20,22-24,31,38H,3-6,8-10,12,14,16,18-19H2,1-2H3,(H,36,37)/b26-7-,27-11-/t20-,22+,23+,24+,31-,35+/m1/s1. The predicted octanol–water partition coefficient (Wildman–Crippen LogP) is 7.44. The molecule has 9 heteroatoms. The molecule has 0 amide bonds. The van der Waals surface area contributed by atoms with Gasteiger partial charge in [0.1, 0.15) is 17.3 Å². The van der Waals surface area contributed by atoms with Crippen molar-refractivity contribution in [2.75, 3.05) is 23.6 Å². The van der Waals surface area contributed by atoms with Crippen LogP contribution in [0.25, 0.3) is 0 Å². The number of carbonyl (C=O) groups excluding carboxylic acids is 2. The molecule has 1 saturated carbocycles. The normalized spacial score (nSPS) is 35.1. The lowest BCUT2D eigenvalue weighted by Gasteiger charge is -2.57. The van der Waals surface area contributed by atoms with Crippen molar-refractivity contribution in [3.63, 3.8) is 0 Å². The van der Waals surface area contributed by atoms with Gasteiger partial charge >= 0.3 is 11.9 Å². The SMILES string of the molecule is CCC/C=C1\OC(=O)C2=C1CC[C@H]1[C@@H]3CC[C@@]4(C5=C3[C@@H](CCCO)c3ccnc(c3)NCSSC[C@H](C)C/C=C/4OC5=O)[C@@H]21. The molecule has 7 nitrogen and oxygen atoms in total. The summed E-state index contributed by atoms with van der Waals surface area (Å²) in [4.78, 5) is 32.6. The van der Waals surface area contributed by atoms with Gasteiger partial charge < -0.3 is 19.9 Å². The lowest BCUT2D eigenvalue weighted by Crippen LogP contribution is -2.53. The fraction of sp³-hybridized carbons (Fsp3) is 0.571. The van der Waals surface area contributed by atoms with E-state index in [2.05, 4.69) is 48.4 Å². The van der Waals surface area contributed by atoms with Gasteiger partial charge in [-0.3, -0.25) is 0 Å². The molecule has 7 bridgehead atoms. The van der Waals surface area contributed by atoms with Crippen LogP contribution in [0.2, 0.25) is 0 Å². The second-order valence-corrected chi connectivity index (χ2v) is 15.7.